The fourth-order valence-corrected chi connectivity index (χ4v) is 1.95. The van der Waals surface area contributed by atoms with Crippen molar-refractivity contribution in [1.82, 2.24) is 0 Å². The fourth-order valence-electron chi connectivity index (χ4n) is 1.95. The third-order valence-electron chi connectivity index (χ3n) is 2.71. The monoisotopic (exact) mass is 210 g/mol. The highest BCUT2D eigenvalue weighted by atomic mass is 19.1. The van der Waals surface area contributed by atoms with Crippen LogP contribution >= 0.6 is 0 Å². The van der Waals surface area contributed by atoms with Gasteiger partial charge in [0.15, 0.2) is 0 Å². The molecule has 0 saturated heterocycles. The molecule has 1 atom stereocenters. The summed E-state index contributed by atoms with van der Waals surface area (Å²) in [6.45, 7) is 6.47. The standard InChI is InChI=1S/C13H19FO/c1-13(2,3)12(7-8-15)10-5-4-6-11(14)9-10/h4-6,9,12,15H,7-8H2,1-3H3. The van der Waals surface area contributed by atoms with Crippen LogP contribution in [0.4, 0.5) is 4.39 Å². The molecule has 0 fully saturated rings. The van der Waals surface area contributed by atoms with Gasteiger partial charge in [0, 0.05) is 6.61 Å². The van der Waals surface area contributed by atoms with Crippen LogP contribution in [0.1, 0.15) is 38.7 Å². The van der Waals surface area contributed by atoms with E-state index in [1.165, 1.54) is 6.07 Å². The topological polar surface area (TPSA) is 20.2 Å². The van der Waals surface area contributed by atoms with E-state index >= 15 is 0 Å². The van der Waals surface area contributed by atoms with Gasteiger partial charge in [-0.3, -0.25) is 0 Å². The van der Waals surface area contributed by atoms with E-state index in [4.69, 9.17) is 5.11 Å². The number of aliphatic hydroxyl groups is 1. The Kier molecular flexibility index (Phi) is 3.86. The molecule has 1 nitrogen and oxygen atoms in total. The maximum atomic E-state index is 13.1. The van der Waals surface area contributed by atoms with E-state index in [1.807, 2.05) is 6.07 Å². The van der Waals surface area contributed by atoms with Crippen LogP contribution in [-0.2, 0) is 0 Å². The number of benzene rings is 1. The van der Waals surface area contributed by atoms with Crippen molar-refractivity contribution < 1.29 is 9.50 Å². The molecule has 0 saturated carbocycles. The molecule has 0 radical (unpaired) electrons. The smallest absolute Gasteiger partial charge is 0.123 e. The Morgan fingerprint density at radius 1 is 1.33 bits per heavy atom. The second kappa shape index (κ2) is 4.75. The van der Waals surface area contributed by atoms with E-state index in [1.54, 1.807) is 12.1 Å². The predicted octanol–water partition coefficient (Wildman–Crippen LogP) is 3.34. The predicted molar refractivity (Wildman–Crippen MR) is 60.3 cm³/mol. The highest BCUT2D eigenvalue weighted by Gasteiger charge is 2.25. The molecule has 0 aliphatic heterocycles. The highest BCUT2D eigenvalue weighted by Crippen LogP contribution is 2.37. The molecule has 0 spiro atoms. The number of aliphatic hydroxyl groups excluding tert-OH is 1. The van der Waals surface area contributed by atoms with Crippen molar-refractivity contribution in [2.45, 2.75) is 33.1 Å². The van der Waals surface area contributed by atoms with Crippen LogP contribution in [-0.4, -0.2) is 11.7 Å². The van der Waals surface area contributed by atoms with Gasteiger partial charge in [0.05, 0.1) is 0 Å². The van der Waals surface area contributed by atoms with Crippen molar-refractivity contribution in [3.05, 3.63) is 35.6 Å². The SMILES string of the molecule is CC(C)(C)C(CCO)c1cccc(F)c1. The lowest BCUT2D eigenvalue weighted by Crippen LogP contribution is -2.19. The van der Waals surface area contributed by atoms with Gasteiger partial charge in [-0.05, 0) is 35.4 Å². The molecule has 0 amide bonds. The molecule has 1 N–H and O–H groups in total. The van der Waals surface area contributed by atoms with Gasteiger partial charge < -0.3 is 5.11 Å². The molecule has 2 heteroatoms. The summed E-state index contributed by atoms with van der Waals surface area (Å²) >= 11 is 0. The van der Waals surface area contributed by atoms with E-state index in [0.29, 0.717) is 6.42 Å². The molecule has 0 bridgehead atoms. The van der Waals surface area contributed by atoms with E-state index in [2.05, 4.69) is 20.8 Å². The van der Waals surface area contributed by atoms with Crippen molar-refractivity contribution in [3.8, 4) is 0 Å². The first-order chi connectivity index (χ1) is 6.95. The summed E-state index contributed by atoms with van der Waals surface area (Å²) in [4.78, 5) is 0. The average Bonchev–Trinajstić information content (AvgIpc) is 2.12. The van der Waals surface area contributed by atoms with Crippen molar-refractivity contribution >= 4 is 0 Å². The van der Waals surface area contributed by atoms with Gasteiger partial charge in [-0.25, -0.2) is 4.39 Å². The van der Waals surface area contributed by atoms with Gasteiger partial charge in [-0.1, -0.05) is 32.9 Å². The van der Waals surface area contributed by atoms with Gasteiger partial charge in [0.2, 0.25) is 0 Å². The minimum atomic E-state index is -0.209. The van der Waals surface area contributed by atoms with Crippen molar-refractivity contribution in [3.63, 3.8) is 0 Å². The molecule has 0 aliphatic carbocycles. The van der Waals surface area contributed by atoms with Crippen LogP contribution in [0.5, 0.6) is 0 Å². The maximum Gasteiger partial charge on any atom is 0.123 e. The van der Waals surface area contributed by atoms with Crippen LogP contribution in [0.15, 0.2) is 24.3 Å². The van der Waals surface area contributed by atoms with Crippen LogP contribution < -0.4 is 0 Å². The second-order valence-corrected chi connectivity index (χ2v) is 4.99. The number of hydrogen-bond acceptors (Lipinski definition) is 1. The minimum absolute atomic E-state index is 0.0382. The van der Waals surface area contributed by atoms with E-state index in [-0.39, 0.29) is 23.8 Å². The summed E-state index contributed by atoms with van der Waals surface area (Å²) in [5, 5.41) is 9.04. The first kappa shape index (κ1) is 12.2. The van der Waals surface area contributed by atoms with Gasteiger partial charge in [-0.2, -0.15) is 0 Å². The van der Waals surface area contributed by atoms with Crippen LogP contribution in [0.3, 0.4) is 0 Å². The molecule has 1 aromatic rings. The Morgan fingerprint density at radius 3 is 2.47 bits per heavy atom. The quantitative estimate of drug-likeness (QED) is 0.811. The molecule has 0 aliphatic rings. The molecule has 0 heterocycles. The molecule has 1 rings (SSSR count). The van der Waals surface area contributed by atoms with Crippen LogP contribution in [0.2, 0.25) is 0 Å². The summed E-state index contributed by atoms with van der Waals surface area (Å²) in [5.74, 6) is -0.0158. The van der Waals surface area contributed by atoms with Crippen molar-refractivity contribution in [2.24, 2.45) is 5.41 Å². The maximum absolute atomic E-state index is 13.1. The third kappa shape index (κ3) is 3.31. The lowest BCUT2D eigenvalue weighted by molar-refractivity contribution is 0.223. The minimum Gasteiger partial charge on any atom is -0.396 e. The summed E-state index contributed by atoms with van der Waals surface area (Å²) in [6.07, 6.45) is 0.674. The Labute approximate surface area is 90.9 Å². The molecule has 84 valence electrons. The second-order valence-electron chi connectivity index (χ2n) is 4.99. The summed E-state index contributed by atoms with van der Waals surface area (Å²) in [7, 11) is 0. The van der Waals surface area contributed by atoms with Gasteiger partial charge in [0.1, 0.15) is 5.82 Å². The average molecular weight is 210 g/mol. The van der Waals surface area contributed by atoms with E-state index < -0.39 is 0 Å². The summed E-state index contributed by atoms with van der Waals surface area (Å²) < 4.78 is 13.1. The first-order valence-corrected chi connectivity index (χ1v) is 5.31. The molecule has 0 aromatic heterocycles. The van der Waals surface area contributed by atoms with Crippen molar-refractivity contribution in [1.29, 1.82) is 0 Å². The summed E-state index contributed by atoms with van der Waals surface area (Å²) in [5.41, 5.74) is 1.01. The summed E-state index contributed by atoms with van der Waals surface area (Å²) in [6, 6.07) is 6.66. The third-order valence-corrected chi connectivity index (χ3v) is 2.71. The van der Waals surface area contributed by atoms with Gasteiger partial charge >= 0.3 is 0 Å². The molecular weight excluding hydrogens is 191 g/mol. The molecular formula is C13H19FO. The zero-order valence-electron chi connectivity index (χ0n) is 9.63. The Bertz CT molecular complexity index is 315. The first-order valence-electron chi connectivity index (χ1n) is 5.31. The zero-order valence-corrected chi connectivity index (χ0v) is 9.63. The molecule has 15 heavy (non-hydrogen) atoms. The van der Waals surface area contributed by atoms with Crippen molar-refractivity contribution in [2.75, 3.05) is 6.61 Å². The zero-order chi connectivity index (χ0) is 11.5. The van der Waals surface area contributed by atoms with Gasteiger partial charge in [0.25, 0.3) is 0 Å². The van der Waals surface area contributed by atoms with Gasteiger partial charge in [-0.15, -0.1) is 0 Å². The van der Waals surface area contributed by atoms with Crippen LogP contribution in [0.25, 0.3) is 0 Å². The van der Waals surface area contributed by atoms with E-state index in [0.717, 1.165) is 5.56 Å². The Balaban J connectivity index is 2.99. The fraction of sp³-hybridized carbons (Fsp3) is 0.538. The lowest BCUT2D eigenvalue weighted by atomic mass is 9.75. The lowest BCUT2D eigenvalue weighted by Gasteiger charge is -2.30. The number of hydrogen-bond donors (Lipinski definition) is 1. The van der Waals surface area contributed by atoms with E-state index in [9.17, 15) is 4.39 Å². The molecule has 1 unspecified atom stereocenters. The normalized spacial score (nSPS) is 13.9. The Hall–Kier alpha value is -0.890. The highest BCUT2D eigenvalue weighted by molar-refractivity contribution is 5.22. The number of halogens is 1. The molecule has 1 aromatic carbocycles. The Morgan fingerprint density at radius 2 is 2.00 bits per heavy atom. The number of rotatable bonds is 3. The largest absolute Gasteiger partial charge is 0.396 e. The van der Waals surface area contributed by atoms with Crippen LogP contribution in [0, 0.1) is 11.2 Å².